The number of amides is 1. The number of halogens is 1. The minimum atomic E-state index is -0.682. The van der Waals surface area contributed by atoms with Gasteiger partial charge in [0.05, 0.1) is 11.0 Å². The lowest BCUT2D eigenvalue weighted by Gasteiger charge is -2.34. The van der Waals surface area contributed by atoms with Gasteiger partial charge in [0.2, 0.25) is 0 Å². The molecule has 1 aliphatic heterocycles. The first-order valence-corrected chi connectivity index (χ1v) is 11.0. The molecular formula is C23H25ClN4O4. The van der Waals surface area contributed by atoms with Crippen LogP contribution in [-0.2, 0) is 6.54 Å². The average Bonchev–Trinajstić information content (AvgIpc) is 2.81. The minimum absolute atomic E-state index is 0.0842. The van der Waals surface area contributed by atoms with Crippen LogP contribution in [0.25, 0.3) is 11.0 Å². The predicted octanol–water partition coefficient (Wildman–Crippen LogP) is 2.20. The van der Waals surface area contributed by atoms with Crippen LogP contribution in [0.5, 0.6) is 5.75 Å². The molecule has 1 saturated heterocycles. The zero-order chi connectivity index (χ0) is 22.7. The maximum Gasteiger partial charge on any atom is 0.316 e. The van der Waals surface area contributed by atoms with Gasteiger partial charge in [-0.2, -0.15) is 0 Å². The van der Waals surface area contributed by atoms with E-state index in [2.05, 4.69) is 9.88 Å². The van der Waals surface area contributed by atoms with Gasteiger partial charge in [-0.15, -0.1) is 0 Å². The highest BCUT2D eigenvalue weighted by atomic mass is 35.5. The minimum Gasteiger partial charge on any atom is -0.492 e. The Morgan fingerprint density at radius 1 is 1.06 bits per heavy atom. The summed E-state index contributed by atoms with van der Waals surface area (Å²) in [5.74, 6) is 0.699. The van der Waals surface area contributed by atoms with Crippen LogP contribution < -0.4 is 15.9 Å². The predicted molar refractivity (Wildman–Crippen MR) is 124 cm³/mol. The van der Waals surface area contributed by atoms with Gasteiger partial charge >= 0.3 is 11.1 Å². The van der Waals surface area contributed by atoms with E-state index in [1.807, 2.05) is 17.0 Å². The maximum atomic E-state index is 13.0. The number of ether oxygens (including phenoxy) is 1. The molecule has 0 saturated carbocycles. The topological polar surface area (TPSA) is 87.6 Å². The zero-order valence-corrected chi connectivity index (χ0v) is 18.6. The van der Waals surface area contributed by atoms with Crippen LogP contribution >= 0.6 is 11.6 Å². The third kappa shape index (κ3) is 4.71. The molecule has 32 heavy (non-hydrogen) atoms. The summed E-state index contributed by atoms with van der Waals surface area (Å²) in [5, 5.41) is 0.677. The van der Waals surface area contributed by atoms with Crippen LogP contribution in [0.1, 0.15) is 17.3 Å². The molecule has 0 aliphatic carbocycles. The van der Waals surface area contributed by atoms with E-state index < -0.39 is 11.1 Å². The first-order chi connectivity index (χ1) is 15.5. The molecule has 0 bridgehead atoms. The van der Waals surface area contributed by atoms with Crippen molar-refractivity contribution in [1.29, 1.82) is 0 Å². The molecule has 0 atom stereocenters. The van der Waals surface area contributed by atoms with Crippen LogP contribution in [-0.4, -0.2) is 64.6 Å². The number of benzene rings is 2. The Labute approximate surface area is 190 Å². The molecule has 2 aromatic carbocycles. The van der Waals surface area contributed by atoms with Crippen molar-refractivity contribution in [2.24, 2.45) is 0 Å². The van der Waals surface area contributed by atoms with Crippen molar-refractivity contribution < 1.29 is 9.53 Å². The van der Waals surface area contributed by atoms with Crippen molar-refractivity contribution in [3.63, 3.8) is 0 Å². The van der Waals surface area contributed by atoms with E-state index >= 15 is 0 Å². The summed E-state index contributed by atoms with van der Waals surface area (Å²) in [6, 6.07) is 12.4. The summed E-state index contributed by atoms with van der Waals surface area (Å²) >= 11 is 5.88. The smallest absolute Gasteiger partial charge is 0.316 e. The zero-order valence-electron chi connectivity index (χ0n) is 17.8. The molecule has 2 heterocycles. The van der Waals surface area contributed by atoms with E-state index in [-0.39, 0.29) is 5.91 Å². The van der Waals surface area contributed by atoms with E-state index in [4.69, 9.17) is 16.3 Å². The lowest BCUT2D eigenvalue weighted by atomic mass is 10.1. The molecule has 1 aliphatic rings. The van der Waals surface area contributed by atoms with E-state index in [0.717, 1.165) is 25.4 Å². The Bertz CT molecular complexity index is 1230. The Morgan fingerprint density at radius 2 is 1.78 bits per heavy atom. The molecule has 1 N–H and O–H groups in total. The fourth-order valence-electron chi connectivity index (χ4n) is 3.91. The van der Waals surface area contributed by atoms with Crippen molar-refractivity contribution in [3.05, 3.63) is 73.8 Å². The Kier molecular flexibility index (Phi) is 6.62. The molecule has 8 nitrogen and oxygen atoms in total. The van der Waals surface area contributed by atoms with Crippen molar-refractivity contribution in [1.82, 2.24) is 19.4 Å². The second-order valence-electron chi connectivity index (χ2n) is 7.67. The SMILES string of the molecule is CCn1c(=O)c(=O)[nH]c2cc(C(=O)N3CCN(CCOc4ccc(Cl)cc4)CC3)ccc21. The number of aromatic nitrogens is 2. The molecule has 4 rings (SSSR count). The number of nitrogens with one attached hydrogen (secondary N) is 1. The summed E-state index contributed by atoms with van der Waals surface area (Å²) < 4.78 is 7.16. The molecular weight excluding hydrogens is 432 g/mol. The third-order valence-corrected chi connectivity index (χ3v) is 5.94. The van der Waals surface area contributed by atoms with Gasteiger partial charge in [-0.05, 0) is 49.4 Å². The van der Waals surface area contributed by atoms with Gasteiger partial charge in [0.15, 0.2) is 0 Å². The Balaban J connectivity index is 1.35. The van der Waals surface area contributed by atoms with Crippen LogP contribution in [0.4, 0.5) is 0 Å². The molecule has 0 radical (unpaired) electrons. The van der Waals surface area contributed by atoms with Crippen molar-refractivity contribution in [2.75, 3.05) is 39.3 Å². The molecule has 1 fully saturated rings. The molecule has 168 valence electrons. The first kappa shape index (κ1) is 22.1. The number of nitrogens with zero attached hydrogens (tertiary/aromatic N) is 3. The summed E-state index contributed by atoms with van der Waals surface area (Å²) in [5.41, 5.74) is 0.321. The largest absolute Gasteiger partial charge is 0.492 e. The van der Waals surface area contributed by atoms with Crippen molar-refractivity contribution >= 4 is 28.5 Å². The van der Waals surface area contributed by atoms with E-state index in [0.29, 0.717) is 47.9 Å². The number of H-pyrrole nitrogens is 1. The Morgan fingerprint density at radius 3 is 2.47 bits per heavy atom. The number of rotatable bonds is 6. The van der Waals surface area contributed by atoms with E-state index in [1.54, 1.807) is 37.3 Å². The number of piperazine rings is 1. The molecule has 0 unspecified atom stereocenters. The van der Waals surface area contributed by atoms with Gasteiger partial charge in [0.25, 0.3) is 5.91 Å². The number of fused-ring (bicyclic) bond motifs is 1. The van der Waals surface area contributed by atoms with Crippen LogP contribution in [0.3, 0.4) is 0 Å². The lowest BCUT2D eigenvalue weighted by Crippen LogP contribution is -2.49. The van der Waals surface area contributed by atoms with Crippen LogP contribution in [0.15, 0.2) is 52.1 Å². The molecule has 1 amide bonds. The number of carbonyl (C=O) groups is 1. The highest BCUT2D eigenvalue weighted by Crippen LogP contribution is 2.17. The van der Waals surface area contributed by atoms with Gasteiger partial charge in [-0.25, -0.2) is 0 Å². The van der Waals surface area contributed by atoms with Crippen molar-refractivity contribution in [2.45, 2.75) is 13.5 Å². The highest BCUT2D eigenvalue weighted by molar-refractivity contribution is 6.30. The number of hydrogen-bond acceptors (Lipinski definition) is 5. The highest BCUT2D eigenvalue weighted by Gasteiger charge is 2.22. The van der Waals surface area contributed by atoms with Gasteiger partial charge in [0.1, 0.15) is 12.4 Å². The third-order valence-electron chi connectivity index (χ3n) is 5.69. The molecule has 0 spiro atoms. The van der Waals surface area contributed by atoms with Gasteiger partial charge in [-0.3, -0.25) is 19.3 Å². The Hall–Kier alpha value is -3.10. The van der Waals surface area contributed by atoms with Crippen LogP contribution in [0.2, 0.25) is 5.02 Å². The molecule has 9 heteroatoms. The average molecular weight is 457 g/mol. The molecule has 3 aromatic rings. The van der Waals surface area contributed by atoms with E-state index in [9.17, 15) is 14.4 Å². The number of carbonyl (C=O) groups excluding carboxylic acids is 1. The fraction of sp³-hybridized carbons (Fsp3) is 0.348. The number of aryl methyl sites for hydroxylation is 1. The quantitative estimate of drug-likeness (QED) is 0.574. The summed E-state index contributed by atoms with van der Waals surface area (Å²) in [6.45, 7) is 6.27. The first-order valence-electron chi connectivity index (χ1n) is 10.6. The lowest BCUT2D eigenvalue weighted by molar-refractivity contribution is 0.0620. The van der Waals surface area contributed by atoms with Gasteiger partial charge in [0, 0.05) is 49.9 Å². The number of hydrogen-bond donors (Lipinski definition) is 1. The fourth-order valence-corrected chi connectivity index (χ4v) is 4.03. The summed E-state index contributed by atoms with van der Waals surface area (Å²) in [4.78, 5) is 43.6. The van der Waals surface area contributed by atoms with Gasteiger partial charge < -0.3 is 19.2 Å². The monoisotopic (exact) mass is 456 g/mol. The second kappa shape index (κ2) is 9.58. The maximum absolute atomic E-state index is 13.0. The normalized spacial score (nSPS) is 14.6. The summed E-state index contributed by atoms with van der Waals surface area (Å²) in [7, 11) is 0. The summed E-state index contributed by atoms with van der Waals surface area (Å²) in [6.07, 6.45) is 0. The van der Waals surface area contributed by atoms with Gasteiger partial charge in [-0.1, -0.05) is 11.6 Å². The van der Waals surface area contributed by atoms with E-state index in [1.165, 1.54) is 4.57 Å². The van der Waals surface area contributed by atoms with Crippen LogP contribution in [0, 0.1) is 0 Å². The van der Waals surface area contributed by atoms with Crippen molar-refractivity contribution in [3.8, 4) is 5.75 Å². The second-order valence-corrected chi connectivity index (χ2v) is 8.11. The standard InChI is InChI=1S/C23H25ClN4O4/c1-2-28-20-8-3-16(15-19(20)25-21(29)23(28)31)22(30)27-11-9-26(10-12-27)13-14-32-18-6-4-17(24)5-7-18/h3-8,15H,2,9-14H2,1H3,(H,25,29). The number of aromatic amines is 1. The molecule has 1 aromatic heterocycles.